The van der Waals surface area contributed by atoms with E-state index in [-0.39, 0.29) is 36.1 Å². The fraction of sp³-hybridized carbons (Fsp3) is 0.500. The molecule has 2 aromatic rings. The fourth-order valence-electron chi connectivity index (χ4n) is 3.14. The minimum Gasteiger partial charge on any atom is -0.454 e. The summed E-state index contributed by atoms with van der Waals surface area (Å²) in [6, 6.07) is 5.32. The Labute approximate surface area is 179 Å². The molecule has 1 N–H and O–H groups in total. The normalized spacial score (nSPS) is 15.9. The molecule has 0 spiro atoms. The first-order valence-electron chi connectivity index (χ1n) is 9.50. The van der Waals surface area contributed by atoms with Crippen LogP contribution in [0.25, 0.3) is 0 Å². The Bertz CT molecular complexity index is 933. The average Bonchev–Trinajstić information content (AvgIpc) is 3.36. The number of thioether (sulfide) groups is 1. The zero-order valence-electron chi connectivity index (χ0n) is 16.4. The number of alkyl halides is 3. The predicted octanol–water partition coefficient (Wildman–Crippen LogP) is 1.81. The Morgan fingerprint density at radius 2 is 1.94 bits per heavy atom. The number of carbonyl (C=O) groups excluding carboxylic acids is 1. The lowest BCUT2D eigenvalue weighted by Crippen LogP contribution is -2.38. The summed E-state index contributed by atoms with van der Waals surface area (Å²) in [4.78, 5) is 13.9. The molecule has 31 heavy (non-hydrogen) atoms. The highest BCUT2D eigenvalue weighted by Gasteiger charge is 2.33. The van der Waals surface area contributed by atoms with Crippen molar-refractivity contribution in [3.8, 4) is 11.5 Å². The van der Waals surface area contributed by atoms with E-state index >= 15 is 0 Å². The second kappa shape index (κ2) is 9.22. The van der Waals surface area contributed by atoms with Crippen molar-refractivity contribution in [3.05, 3.63) is 23.8 Å². The minimum atomic E-state index is -4.44. The number of nitrogens with one attached hydrogen (secondary N) is 1. The van der Waals surface area contributed by atoms with Crippen LogP contribution in [0.1, 0.15) is 5.56 Å². The Kier molecular flexibility index (Phi) is 6.41. The van der Waals surface area contributed by atoms with Crippen molar-refractivity contribution in [2.45, 2.75) is 24.4 Å². The van der Waals surface area contributed by atoms with Crippen molar-refractivity contribution in [1.29, 1.82) is 0 Å². The van der Waals surface area contributed by atoms with Gasteiger partial charge in [-0.25, -0.2) is 0 Å². The first kappa shape index (κ1) is 21.6. The Balaban J connectivity index is 1.36. The molecule has 1 amide bonds. The van der Waals surface area contributed by atoms with E-state index in [4.69, 9.17) is 14.2 Å². The van der Waals surface area contributed by atoms with Gasteiger partial charge < -0.3 is 24.4 Å². The standard InChI is InChI=1S/C18H20F3N5O4S/c19-18(20,21)10-26-16(25-3-5-28-6-4-25)23-24-17(26)31-9-15(27)22-8-12-1-2-13-14(7-12)30-11-29-13/h1-2,7H,3-6,8-11H2,(H,22,27). The highest BCUT2D eigenvalue weighted by atomic mass is 32.2. The summed E-state index contributed by atoms with van der Waals surface area (Å²) in [5, 5.41) is 10.6. The zero-order valence-corrected chi connectivity index (χ0v) is 17.2. The zero-order chi connectivity index (χ0) is 21.8. The van der Waals surface area contributed by atoms with Gasteiger partial charge in [-0.05, 0) is 17.7 Å². The number of aromatic nitrogens is 3. The first-order chi connectivity index (χ1) is 14.9. The number of benzene rings is 1. The van der Waals surface area contributed by atoms with Crippen molar-refractivity contribution >= 4 is 23.6 Å². The van der Waals surface area contributed by atoms with Crippen LogP contribution in [0.4, 0.5) is 19.1 Å². The molecule has 2 aliphatic rings. The van der Waals surface area contributed by atoms with Crippen molar-refractivity contribution in [2.24, 2.45) is 0 Å². The smallest absolute Gasteiger partial charge is 0.406 e. The molecule has 0 unspecified atom stereocenters. The molecule has 0 saturated carbocycles. The highest BCUT2D eigenvalue weighted by Crippen LogP contribution is 2.32. The van der Waals surface area contributed by atoms with Gasteiger partial charge in [0.25, 0.3) is 0 Å². The molecule has 1 aromatic heterocycles. The van der Waals surface area contributed by atoms with Gasteiger partial charge in [-0.1, -0.05) is 17.8 Å². The van der Waals surface area contributed by atoms with E-state index in [0.29, 0.717) is 37.8 Å². The number of rotatable bonds is 7. The summed E-state index contributed by atoms with van der Waals surface area (Å²) in [5.74, 6) is 0.952. The quantitative estimate of drug-likeness (QED) is 0.627. The number of anilines is 1. The van der Waals surface area contributed by atoms with Crippen LogP contribution < -0.4 is 19.7 Å². The van der Waals surface area contributed by atoms with E-state index in [1.54, 1.807) is 23.1 Å². The Morgan fingerprint density at radius 1 is 1.16 bits per heavy atom. The van der Waals surface area contributed by atoms with Gasteiger partial charge in [0.2, 0.25) is 18.6 Å². The molecule has 1 saturated heterocycles. The number of halogens is 3. The molecule has 13 heteroatoms. The monoisotopic (exact) mass is 459 g/mol. The Hall–Kier alpha value is -2.67. The third kappa shape index (κ3) is 5.53. The van der Waals surface area contributed by atoms with E-state index in [2.05, 4.69) is 15.5 Å². The molecule has 168 valence electrons. The lowest BCUT2D eigenvalue weighted by molar-refractivity contribution is -0.141. The number of amides is 1. The molecule has 3 heterocycles. The van der Waals surface area contributed by atoms with Crippen molar-refractivity contribution < 1.29 is 32.2 Å². The number of morpholine rings is 1. The van der Waals surface area contributed by atoms with Gasteiger partial charge in [0, 0.05) is 19.6 Å². The molecular formula is C18H20F3N5O4S. The fourth-order valence-corrected chi connectivity index (χ4v) is 3.90. The van der Waals surface area contributed by atoms with Crippen LogP contribution in [-0.4, -0.2) is 65.7 Å². The first-order valence-corrected chi connectivity index (χ1v) is 10.5. The lowest BCUT2D eigenvalue weighted by atomic mass is 10.2. The maximum absolute atomic E-state index is 13.1. The number of hydrogen-bond acceptors (Lipinski definition) is 8. The van der Waals surface area contributed by atoms with Gasteiger partial charge in [0.1, 0.15) is 6.54 Å². The third-order valence-corrected chi connectivity index (χ3v) is 5.55. The van der Waals surface area contributed by atoms with E-state index in [0.717, 1.165) is 21.9 Å². The van der Waals surface area contributed by atoms with Crippen molar-refractivity contribution in [2.75, 3.05) is 43.7 Å². The summed E-state index contributed by atoms with van der Waals surface area (Å²) < 4.78 is 56.1. The summed E-state index contributed by atoms with van der Waals surface area (Å²) >= 11 is 0.911. The minimum absolute atomic E-state index is 0.0389. The molecule has 2 aliphatic heterocycles. The van der Waals surface area contributed by atoms with Crippen LogP contribution in [0.15, 0.2) is 23.4 Å². The van der Waals surface area contributed by atoms with E-state index in [9.17, 15) is 18.0 Å². The number of carbonyl (C=O) groups is 1. The molecule has 0 atom stereocenters. The van der Waals surface area contributed by atoms with Gasteiger partial charge >= 0.3 is 6.18 Å². The number of fused-ring (bicyclic) bond motifs is 1. The lowest BCUT2D eigenvalue weighted by Gasteiger charge is -2.28. The van der Waals surface area contributed by atoms with Crippen LogP contribution in [0.2, 0.25) is 0 Å². The number of nitrogens with zero attached hydrogens (tertiary/aromatic N) is 4. The van der Waals surface area contributed by atoms with Crippen LogP contribution in [0, 0.1) is 0 Å². The average molecular weight is 459 g/mol. The summed E-state index contributed by atoms with van der Waals surface area (Å²) in [6.07, 6.45) is -4.44. The van der Waals surface area contributed by atoms with E-state index in [1.165, 1.54) is 0 Å². The molecule has 0 bridgehead atoms. The molecular weight excluding hydrogens is 439 g/mol. The maximum atomic E-state index is 13.1. The molecule has 0 radical (unpaired) electrons. The van der Waals surface area contributed by atoms with Gasteiger partial charge in [-0.2, -0.15) is 13.2 Å². The second-order valence-electron chi connectivity index (χ2n) is 6.84. The highest BCUT2D eigenvalue weighted by molar-refractivity contribution is 7.99. The SMILES string of the molecule is O=C(CSc1nnc(N2CCOCC2)n1CC(F)(F)F)NCc1ccc2c(c1)OCO2. The molecule has 1 fully saturated rings. The molecule has 1 aromatic carbocycles. The summed E-state index contributed by atoms with van der Waals surface area (Å²) in [6.45, 7) is 0.853. The largest absolute Gasteiger partial charge is 0.454 e. The number of hydrogen-bond donors (Lipinski definition) is 1. The number of ether oxygens (including phenoxy) is 3. The molecule has 0 aliphatic carbocycles. The second-order valence-corrected chi connectivity index (χ2v) is 7.78. The van der Waals surface area contributed by atoms with Gasteiger partial charge in [-0.15, -0.1) is 10.2 Å². The van der Waals surface area contributed by atoms with Crippen LogP contribution in [0.5, 0.6) is 11.5 Å². The molecule has 9 nitrogen and oxygen atoms in total. The summed E-state index contributed by atoms with van der Waals surface area (Å²) in [7, 11) is 0. The van der Waals surface area contributed by atoms with Gasteiger partial charge in [0.15, 0.2) is 16.7 Å². The molecule has 4 rings (SSSR count). The maximum Gasteiger partial charge on any atom is 0.406 e. The Morgan fingerprint density at radius 3 is 2.71 bits per heavy atom. The van der Waals surface area contributed by atoms with Crippen LogP contribution >= 0.6 is 11.8 Å². The predicted molar refractivity (Wildman–Crippen MR) is 104 cm³/mol. The third-order valence-electron chi connectivity index (χ3n) is 4.59. The topological polar surface area (TPSA) is 90.7 Å². The van der Waals surface area contributed by atoms with Crippen LogP contribution in [-0.2, 0) is 22.6 Å². The van der Waals surface area contributed by atoms with Gasteiger partial charge in [0.05, 0.1) is 19.0 Å². The van der Waals surface area contributed by atoms with Crippen molar-refractivity contribution in [3.63, 3.8) is 0 Å². The van der Waals surface area contributed by atoms with E-state index < -0.39 is 12.7 Å². The van der Waals surface area contributed by atoms with Gasteiger partial charge in [-0.3, -0.25) is 9.36 Å². The summed E-state index contributed by atoms with van der Waals surface area (Å²) in [5.41, 5.74) is 0.817. The van der Waals surface area contributed by atoms with Crippen molar-refractivity contribution in [1.82, 2.24) is 20.1 Å². The van der Waals surface area contributed by atoms with Crippen LogP contribution in [0.3, 0.4) is 0 Å². The van der Waals surface area contributed by atoms with E-state index in [1.807, 2.05) is 0 Å².